The molecule has 2 N–H and O–H groups in total. The minimum Gasteiger partial charge on any atom is -0.478 e. The zero-order valence-electron chi connectivity index (χ0n) is 12.2. The Morgan fingerprint density at radius 1 is 1.33 bits per heavy atom. The van der Waals surface area contributed by atoms with Gasteiger partial charge in [-0.2, -0.15) is 0 Å². The second-order valence-corrected chi connectivity index (χ2v) is 5.55. The lowest BCUT2D eigenvalue weighted by molar-refractivity contribution is -0.131. The van der Waals surface area contributed by atoms with E-state index in [1.807, 2.05) is 31.2 Å². The Morgan fingerprint density at radius 3 is 2.71 bits per heavy atom. The summed E-state index contributed by atoms with van der Waals surface area (Å²) < 4.78 is 0. The van der Waals surface area contributed by atoms with Crippen molar-refractivity contribution < 1.29 is 14.7 Å². The van der Waals surface area contributed by atoms with Crippen LogP contribution in [0.3, 0.4) is 0 Å². The van der Waals surface area contributed by atoms with E-state index >= 15 is 0 Å². The zero-order valence-corrected chi connectivity index (χ0v) is 12.2. The average Bonchev–Trinajstić information content (AvgIpc) is 2.99. The van der Waals surface area contributed by atoms with Gasteiger partial charge in [0, 0.05) is 12.0 Å². The van der Waals surface area contributed by atoms with Crippen LogP contribution in [0.2, 0.25) is 0 Å². The molecule has 4 heteroatoms. The van der Waals surface area contributed by atoms with Crippen LogP contribution >= 0.6 is 0 Å². The molecule has 0 bridgehead atoms. The third-order valence-electron chi connectivity index (χ3n) is 3.91. The summed E-state index contributed by atoms with van der Waals surface area (Å²) in [5, 5.41) is 11.7. The van der Waals surface area contributed by atoms with Gasteiger partial charge >= 0.3 is 5.97 Å². The second kappa shape index (κ2) is 7.07. The third-order valence-corrected chi connectivity index (χ3v) is 3.91. The molecule has 2 rings (SSSR count). The highest BCUT2D eigenvalue weighted by atomic mass is 16.4. The van der Waals surface area contributed by atoms with Crippen LogP contribution in [0.4, 0.5) is 0 Å². The molecule has 0 saturated heterocycles. The molecule has 0 radical (unpaired) electrons. The number of aliphatic carboxylic acids is 1. The van der Waals surface area contributed by atoms with Gasteiger partial charge in [-0.25, -0.2) is 4.79 Å². The second-order valence-electron chi connectivity index (χ2n) is 5.55. The van der Waals surface area contributed by atoms with Crippen molar-refractivity contribution in [2.24, 2.45) is 5.92 Å². The Balaban J connectivity index is 2.01. The molecule has 112 valence electrons. The van der Waals surface area contributed by atoms with Crippen LogP contribution in [-0.2, 0) is 9.59 Å². The van der Waals surface area contributed by atoms with Crippen molar-refractivity contribution in [2.75, 3.05) is 0 Å². The summed E-state index contributed by atoms with van der Waals surface area (Å²) in [5.74, 6) is -0.683. The van der Waals surface area contributed by atoms with Gasteiger partial charge in [-0.15, -0.1) is 0 Å². The fraction of sp³-hybridized carbons (Fsp3) is 0.412. The molecule has 0 spiro atoms. The number of carboxylic acids is 1. The molecule has 1 fully saturated rings. The number of rotatable bonds is 5. The Morgan fingerprint density at radius 2 is 2.05 bits per heavy atom. The maximum Gasteiger partial charge on any atom is 0.328 e. The first kappa shape index (κ1) is 15.3. The van der Waals surface area contributed by atoms with Crippen molar-refractivity contribution in [3.05, 3.63) is 41.5 Å². The summed E-state index contributed by atoms with van der Waals surface area (Å²) in [6.45, 7) is 1.95. The number of benzene rings is 1. The van der Waals surface area contributed by atoms with Crippen molar-refractivity contribution >= 4 is 18.0 Å². The van der Waals surface area contributed by atoms with E-state index in [0.717, 1.165) is 42.9 Å². The summed E-state index contributed by atoms with van der Waals surface area (Å²) in [6, 6.07) is 7.48. The molecular weight excluding hydrogens is 266 g/mol. The lowest BCUT2D eigenvalue weighted by Gasteiger charge is -2.17. The molecule has 1 atom stereocenters. The molecule has 0 aromatic heterocycles. The zero-order chi connectivity index (χ0) is 15.2. The molecule has 21 heavy (non-hydrogen) atoms. The van der Waals surface area contributed by atoms with Crippen LogP contribution < -0.4 is 5.32 Å². The van der Waals surface area contributed by atoms with E-state index in [2.05, 4.69) is 5.32 Å². The average molecular weight is 287 g/mol. The van der Waals surface area contributed by atoms with E-state index in [4.69, 9.17) is 5.11 Å². The van der Waals surface area contributed by atoms with Crippen molar-refractivity contribution in [3.63, 3.8) is 0 Å². The predicted octanol–water partition coefficient (Wildman–Crippen LogP) is 3.15. The fourth-order valence-electron chi connectivity index (χ4n) is 2.70. The number of nitrogens with one attached hydrogen (secondary N) is 1. The number of carbonyl (C=O) groups is 2. The van der Waals surface area contributed by atoms with Gasteiger partial charge in [0.05, 0.1) is 6.04 Å². The molecule has 1 aromatic carbocycles. The molecule has 0 heterocycles. The summed E-state index contributed by atoms with van der Waals surface area (Å²) in [6.07, 6.45) is 6.92. The van der Waals surface area contributed by atoms with Crippen molar-refractivity contribution in [1.29, 1.82) is 0 Å². The first-order chi connectivity index (χ1) is 10.1. The van der Waals surface area contributed by atoms with E-state index in [1.54, 1.807) is 6.08 Å². The molecular formula is C17H21NO3. The molecule has 1 aliphatic carbocycles. The van der Waals surface area contributed by atoms with Crippen molar-refractivity contribution in [1.82, 2.24) is 5.32 Å². The molecule has 1 amide bonds. The van der Waals surface area contributed by atoms with E-state index < -0.39 is 5.97 Å². The molecule has 4 nitrogen and oxygen atoms in total. The highest BCUT2D eigenvalue weighted by Crippen LogP contribution is 2.26. The first-order valence-electron chi connectivity index (χ1n) is 7.37. The number of carbonyl (C=O) groups excluding carboxylic acids is 1. The smallest absolute Gasteiger partial charge is 0.328 e. The predicted molar refractivity (Wildman–Crippen MR) is 81.6 cm³/mol. The molecule has 1 aliphatic rings. The quantitative estimate of drug-likeness (QED) is 0.817. The van der Waals surface area contributed by atoms with Gasteiger partial charge in [-0.05, 0) is 43.0 Å². The third kappa shape index (κ3) is 4.45. The number of carboxylic acid groups (broad SMARTS) is 1. The summed E-state index contributed by atoms with van der Waals surface area (Å²) >= 11 is 0. The molecule has 1 unspecified atom stereocenters. The van der Waals surface area contributed by atoms with Crippen LogP contribution in [0, 0.1) is 5.92 Å². The largest absolute Gasteiger partial charge is 0.478 e. The van der Waals surface area contributed by atoms with Crippen molar-refractivity contribution in [2.45, 2.75) is 38.6 Å². The SMILES string of the molecule is CC(NC(=O)C1CCCC1)c1cccc(C=CC(=O)O)c1. The molecule has 1 saturated carbocycles. The number of hydrogen-bond acceptors (Lipinski definition) is 2. The van der Waals surface area contributed by atoms with E-state index in [0.29, 0.717) is 0 Å². The van der Waals surface area contributed by atoms with Gasteiger partial charge in [0.25, 0.3) is 0 Å². The summed E-state index contributed by atoms with van der Waals surface area (Å²) in [7, 11) is 0. The maximum absolute atomic E-state index is 12.1. The lowest BCUT2D eigenvalue weighted by Crippen LogP contribution is -2.31. The van der Waals surface area contributed by atoms with E-state index in [9.17, 15) is 9.59 Å². The molecule has 1 aromatic rings. The van der Waals surface area contributed by atoms with Crippen LogP contribution in [0.1, 0.15) is 49.8 Å². The van der Waals surface area contributed by atoms with Gasteiger partial charge in [-0.1, -0.05) is 31.0 Å². The highest BCUT2D eigenvalue weighted by Gasteiger charge is 2.23. The standard InChI is InChI=1S/C17H21NO3/c1-12(18-17(21)14-6-2-3-7-14)15-8-4-5-13(11-15)9-10-16(19)20/h4-5,8-12,14H,2-3,6-7H2,1H3,(H,18,21)(H,19,20). The Bertz CT molecular complexity index is 545. The minimum atomic E-state index is -0.969. The normalized spacial score (nSPS) is 17.0. The Kier molecular flexibility index (Phi) is 5.14. The van der Waals surface area contributed by atoms with Gasteiger partial charge in [0.1, 0.15) is 0 Å². The van der Waals surface area contributed by atoms with Gasteiger partial charge in [0.15, 0.2) is 0 Å². The fourth-order valence-corrected chi connectivity index (χ4v) is 2.70. The topological polar surface area (TPSA) is 66.4 Å². The van der Waals surface area contributed by atoms with E-state index in [1.165, 1.54) is 0 Å². The van der Waals surface area contributed by atoms with E-state index in [-0.39, 0.29) is 17.9 Å². The lowest BCUT2D eigenvalue weighted by atomic mass is 10.0. The van der Waals surface area contributed by atoms with Crippen molar-refractivity contribution in [3.8, 4) is 0 Å². The number of hydrogen-bond donors (Lipinski definition) is 2. The molecule has 0 aliphatic heterocycles. The Labute approximate surface area is 124 Å². The monoisotopic (exact) mass is 287 g/mol. The highest BCUT2D eigenvalue weighted by molar-refractivity contribution is 5.85. The van der Waals surface area contributed by atoms with Gasteiger partial charge < -0.3 is 10.4 Å². The first-order valence-corrected chi connectivity index (χ1v) is 7.37. The maximum atomic E-state index is 12.1. The van der Waals surface area contributed by atoms with Gasteiger partial charge in [0.2, 0.25) is 5.91 Å². The summed E-state index contributed by atoms with van der Waals surface area (Å²) in [4.78, 5) is 22.7. The summed E-state index contributed by atoms with van der Waals surface area (Å²) in [5.41, 5.74) is 1.80. The Hall–Kier alpha value is -2.10. The van der Waals surface area contributed by atoms with Crippen LogP contribution in [0.25, 0.3) is 6.08 Å². The van der Waals surface area contributed by atoms with Crippen LogP contribution in [0.5, 0.6) is 0 Å². The van der Waals surface area contributed by atoms with Crippen LogP contribution in [-0.4, -0.2) is 17.0 Å². The minimum absolute atomic E-state index is 0.0729. The number of amides is 1. The van der Waals surface area contributed by atoms with Gasteiger partial charge in [-0.3, -0.25) is 4.79 Å². The van der Waals surface area contributed by atoms with Crippen LogP contribution in [0.15, 0.2) is 30.3 Å².